The van der Waals surface area contributed by atoms with Crippen molar-refractivity contribution in [2.75, 3.05) is 5.73 Å². The van der Waals surface area contributed by atoms with Gasteiger partial charge in [0.05, 0.1) is 5.69 Å². The lowest BCUT2D eigenvalue weighted by Crippen LogP contribution is -2.15. The van der Waals surface area contributed by atoms with Crippen molar-refractivity contribution >= 4 is 21.7 Å². The smallest absolute Gasteiger partial charge is 0.161 e. The molecular formula is C15H18BrN3. The van der Waals surface area contributed by atoms with E-state index in [4.69, 9.17) is 5.73 Å². The van der Waals surface area contributed by atoms with Crippen LogP contribution in [-0.2, 0) is 5.41 Å². The SMILES string of the molecule is Cc1ccc(-c2nc(N)cc(C(C)(C)C)n2)cc1Br. The van der Waals surface area contributed by atoms with Crippen molar-refractivity contribution in [1.82, 2.24) is 9.97 Å². The molecule has 0 radical (unpaired) electrons. The van der Waals surface area contributed by atoms with Gasteiger partial charge in [0, 0.05) is 21.5 Å². The Morgan fingerprint density at radius 3 is 2.37 bits per heavy atom. The van der Waals surface area contributed by atoms with Crippen LogP contribution in [0.5, 0.6) is 0 Å². The van der Waals surface area contributed by atoms with Crippen LogP contribution in [0.1, 0.15) is 32.0 Å². The predicted molar refractivity (Wildman–Crippen MR) is 83.0 cm³/mol. The molecule has 2 rings (SSSR count). The van der Waals surface area contributed by atoms with E-state index in [1.165, 1.54) is 5.56 Å². The molecule has 0 atom stereocenters. The van der Waals surface area contributed by atoms with Gasteiger partial charge in [-0.1, -0.05) is 48.8 Å². The van der Waals surface area contributed by atoms with Crippen molar-refractivity contribution in [2.24, 2.45) is 0 Å². The van der Waals surface area contributed by atoms with E-state index in [0.717, 1.165) is 15.7 Å². The Bertz CT molecular complexity index is 615. The highest BCUT2D eigenvalue weighted by Crippen LogP contribution is 2.27. The Morgan fingerprint density at radius 2 is 1.79 bits per heavy atom. The average Bonchev–Trinajstić information content (AvgIpc) is 2.31. The minimum Gasteiger partial charge on any atom is -0.384 e. The molecule has 2 aromatic rings. The van der Waals surface area contributed by atoms with Crippen LogP contribution in [-0.4, -0.2) is 9.97 Å². The third-order valence-corrected chi connectivity index (χ3v) is 3.80. The molecule has 19 heavy (non-hydrogen) atoms. The molecule has 0 unspecified atom stereocenters. The minimum absolute atomic E-state index is 0.0479. The maximum absolute atomic E-state index is 5.90. The Kier molecular flexibility index (Phi) is 3.63. The lowest BCUT2D eigenvalue weighted by atomic mass is 9.92. The summed E-state index contributed by atoms with van der Waals surface area (Å²) in [7, 11) is 0. The normalized spacial score (nSPS) is 11.6. The molecule has 0 fully saturated rings. The molecule has 1 aromatic carbocycles. The van der Waals surface area contributed by atoms with Crippen LogP contribution in [0, 0.1) is 6.92 Å². The number of benzene rings is 1. The number of aromatic nitrogens is 2. The highest BCUT2D eigenvalue weighted by Gasteiger charge is 2.18. The number of aryl methyl sites for hydroxylation is 1. The van der Waals surface area contributed by atoms with Crippen LogP contribution in [0.4, 0.5) is 5.82 Å². The van der Waals surface area contributed by atoms with Gasteiger partial charge in [-0.2, -0.15) is 0 Å². The third-order valence-electron chi connectivity index (χ3n) is 2.94. The molecule has 0 aliphatic carbocycles. The van der Waals surface area contributed by atoms with E-state index in [9.17, 15) is 0 Å². The number of hydrogen-bond acceptors (Lipinski definition) is 3. The van der Waals surface area contributed by atoms with Crippen LogP contribution < -0.4 is 5.73 Å². The summed E-state index contributed by atoms with van der Waals surface area (Å²) in [5.74, 6) is 1.18. The van der Waals surface area contributed by atoms with Gasteiger partial charge in [0.2, 0.25) is 0 Å². The summed E-state index contributed by atoms with van der Waals surface area (Å²) in [4.78, 5) is 8.97. The Labute approximate surface area is 122 Å². The molecule has 3 nitrogen and oxygen atoms in total. The number of nitrogen functional groups attached to an aromatic ring is 1. The van der Waals surface area contributed by atoms with Crippen molar-refractivity contribution in [3.05, 3.63) is 40.0 Å². The number of nitrogens with two attached hydrogens (primary N) is 1. The fraction of sp³-hybridized carbons (Fsp3) is 0.333. The van der Waals surface area contributed by atoms with Crippen LogP contribution in [0.15, 0.2) is 28.7 Å². The molecule has 0 saturated heterocycles. The minimum atomic E-state index is -0.0479. The second-order valence-corrected chi connectivity index (χ2v) is 6.57. The van der Waals surface area contributed by atoms with Gasteiger partial charge in [-0.15, -0.1) is 0 Å². The Morgan fingerprint density at radius 1 is 1.11 bits per heavy atom. The first-order valence-corrected chi connectivity index (χ1v) is 6.98. The van der Waals surface area contributed by atoms with Gasteiger partial charge >= 0.3 is 0 Å². The molecular weight excluding hydrogens is 302 g/mol. The first kappa shape index (κ1) is 14.0. The highest BCUT2D eigenvalue weighted by atomic mass is 79.9. The molecule has 100 valence electrons. The number of rotatable bonds is 1. The molecule has 0 bridgehead atoms. The largest absolute Gasteiger partial charge is 0.384 e. The summed E-state index contributed by atoms with van der Waals surface area (Å²) in [6, 6.07) is 7.92. The molecule has 0 aliphatic heterocycles. The number of nitrogens with zero attached hydrogens (tertiary/aromatic N) is 2. The van der Waals surface area contributed by atoms with Gasteiger partial charge in [0.25, 0.3) is 0 Å². The van der Waals surface area contributed by atoms with Crippen molar-refractivity contribution < 1.29 is 0 Å². The number of halogens is 1. The standard InChI is InChI=1S/C15H18BrN3/c1-9-5-6-10(7-11(9)16)14-18-12(15(2,3)4)8-13(17)19-14/h5-8H,1-4H3,(H2,17,18,19). The van der Waals surface area contributed by atoms with E-state index < -0.39 is 0 Å². The highest BCUT2D eigenvalue weighted by molar-refractivity contribution is 9.10. The maximum atomic E-state index is 5.90. The van der Waals surface area contributed by atoms with Gasteiger partial charge in [-0.3, -0.25) is 0 Å². The van der Waals surface area contributed by atoms with E-state index >= 15 is 0 Å². The average molecular weight is 320 g/mol. The molecule has 0 aliphatic rings. The maximum Gasteiger partial charge on any atom is 0.161 e. The predicted octanol–water partition coefficient (Wildman–Crippen LogP) is 4.09. The topological polar surface area (TPSA) is 51.8 Å². The van der Waals surface area contributed by atoms with Gasteiger partial charge in [0.15, 0.2) is 5.82 Å². The quantitative estimate of drug-likeness (QED) is 0.861. The van der Waals surface area contributed by atoms with Crippen molar-refractivity contribution in [1.29, 1.82) is 0 Å². The van der Waals surface area contributed by atoms with Crippen LogP contribution >= 0.6 is 15.9 Å². The zero-order valence-electron chi connectivity index (χ0n) is 11.7. The van der Waals surface area contributed by atoms with Crippen molar-refractivity contribution in [2.45, 2.75) is 33.1 Å². The number of anilines is 1. The summed E-state index contributed by atoms with van der Waals surface area (Å²) in [5, 5.41) is 0. The lowest BCUT2D eigenvalue weighted by Gasteiger charge is -2.18. The lowest BCUT2D eigenvalue weighted by molar-refractivity contribution is 0.568. The van der Waals surface area contributed by atoms with Crippen molar-refractivity contribution in [3.8, 4) is 11.4 Å². The first-order valence-electron chi connectivity index (χ1n) is 6.19. The fourth-order valence-corrected chi connectivity index (χ4v) is 2.09. The summed E-state index contributed by atoms with van der Waals surface area (Å²) in [5.41, 5.74) is 8.95. The van der Waals surface area contributed by atoms with Gasteiger partial charge in [-0.05, 0) is 18.6 Å². The first-order chi connectivity index (χ1) is 8.77. The molecule has 0 saturated carbocycles. The van der Waals surface area contributed by atoms with E-state index in [-0.39, 0.29) is 5.41 Å². The molecule has 4 heteroatoms. The fourth-order valence-electron chi connectivity index (χ4n) is 1.71. The third kappa shape index (κ3) is 3.13. The molecule has 2 N–H and O–H groups in total. The van der Waals surface area contributed by atoms with Gasteiger partial charge in [0.1, 0.15) is 5.82 Å². The second kappa shape index (κ2) is 4.93. The summed E-state index contributed by atoms with van der Waals surface area (Å²) >= 11 is 3.53. The molecule has 0 amide bonds. The molecule has 1 heterocycles. The van der Waals surface area contributed by atoms with Crippen LogP contribution in [0.25, 0.3) is 11.4 Å². The van der Waals surface area contributed by atoms with Crippen molar-refractivity contribution in [3.63, 3.8) is 0 Å². The Balaban J connectivity index is 2.56. The summed E-state index contributed by atoms with van der Waals surface area (Å²) in [6.45, 7) is 8.39. The van der Waals surface area contributed by atoms with E-state index in [1.54, 1.807) is 0 Å². The Hall–Kier alpha value is -1.42. The van der Waals surface area contributed by atoms with E-state index in [0.29, 0.717) is 11.6 Å². The van der Waals surface area contributed by atoms with Crippen LogP contribution in [0.3, 0.4) is 0 Å². The monoisotopic (exact) mass is 319 g/mol. The van der Waals surface area contributed by atoms with Gasteiger partial charge < -0.3 is 5.73 Å². The van der Waals surface area contributed by atoms with E-state index in [2.05, 4.69) is 53.6 Å². The summed E-state index contributed by atoms with van der Waals surface area (Å²) < 4.78 is 1.05. The molecule has 1 aromatic heterocycles. The van der Waals surface area contributed by atoms with E-state index in [1.807, 2.05) is 24.3 Å². The zero-order chi connectivity index (χ0) is 14.2. The molecule has 0 spiro atoms. The second-order valence-electron chi connectivity index (χ2n) is 5.72. The summed E-state index contributed by atoms with van der Waals surface area (Å²) in [6.07, 6.45) is 0. The van der Waals surface area contributed by atoms with Gasteiger partial charge in [-0.25, -0.2) is 9.97 Å². The number of hydrogen-bond donors (Lipinski definition) is 1. The zero-order valence-corrected chi connectivity index (χ0v) is 13.2. The van der Waals surface area contributed by atoms with Crippen LogP contribution in [0.2, 0.25) is 0 Å².